The van der Waals surface area contributed by atoms with E-state index < -0.39 is 0 Å². The molecular weight excluding hydrogens is 230 g/mol. The minimum Gasteiger partial charge on any atom is -0.466 e. The van der Waals surface area contributed by atoms with Crippen molar-refractivity contribution >= 4 is 5.97 Å². The number of carbonyl (C=O) groups excluding carboxylic acids is 1. The average molecular weight is 251 g/mol. The van der Waals surface area contributed by atoms with Crippen LogP contribution in [-0.4, -0.2) is 29.3 Å². The Labute approximate surface area is 108 Å². The van der Waals surface area contributed by atoms with E-state index in [4.69, 9.17) is 4.74 Å². The monoisotopic (exact) mass is 251 g/mol. The molecule has 1 rings (SSSR count). The molecule has 0 aromatic carbocycles. The van der Waals surface area contributed by atoms with Gasteiger partial charge in [-0.3, -0.25) is 4.79 Å². The highest BCUT2D eigenvalue weighted by molar-refractivity contribution is 5.69. The summed E-state index contributed by atoms with van der Waals surface area (Å²) in [5.74, 6) is -0.0926. The Balaban J connectivity index is 1.92. The van der Waals surface area contributed by atoms with E-state index in [1.807, 2.05) is 19.1 Å². The smallest absolute Gasteiger partial charge is 0.305 e. The third kappa shape index (κ3) is 6.96. The molecule has 100 valence electrons. The van der Waals surface area contributed by atoms with Gasteiger partial charge in [-0.2, -0.15) is 10.2 Å². The van der Waals surface area contributed by atoms with Crippen molar-refractivity contribution in [2.24, 2.45) is 0 Å². The van der Waals surface area contributed by atoms with Crippen molar-refractivity contribution in [3.05, 3.63) is 24.0 Å². The molecule has 0 aliphatic carbocycles. The minimum absolute atomic E-state index is 0.0926. The van der Waals surface area contributed by atoms with Crippen molar-refractivity contribution in [3.63, 3.8) is 0 Å². The number of rotatable bonds is 9. The van der Waals surface area contributed by atoms with E-state index in [0.29, 0.717) is 13.0 Å². The largest absolute Gasteiger partial charge is 0.466 e. The van der Waals surface area contributed by atoms with Crippen LogP contribution in [0.5, 0.6) is 0 Å². The molecule has 0 spiro atoms. The molecule has 1 aromatic heterocycles. The first kappa shape index (κ1) is 14.6. The van der Waals surface area contributed by atoms with Gasteiger partial charge in [-0.25, -0.2) is 0 Å². The fraction of sp³-hybridized carbons (Fsp3) is 0.615. The highest BCUT2D eigenvalue weighted by Crippen LogP contribution is 2.01. The van der Waals surface area contributed by atoms with Crippen LogP contribution in [0.15, 0.2) is 18.3 Å². The summed E-state index contributed by atoms with van der Waals surface area (Å²) >= 11 is 0. The van der Waals surface area contributed by atoms with Crippen molar-refractivity contribution in [1.29, 1.82) is 0 Å². The van der Waals surface area contributed by atoms with Crippen LogP contribution in [0, 0.1) is 0 Å². The highest BCUT2D eigenvalue weighted by Gasteiger charge is 2.00. The summed E-state index contributed by atoms with van der Waals surface area (Å²) < 4.78 is 4.86. The van der Waals surface area contributed by atoms with Crippen molar-refractivity contribution in [2.75, 3.05) is 13.2 Å². The Morgan fingerprint density at radius 1 is 1.39 bits per heavy atom. The molecule has 0 amide bonds. The van der Waals surface area contributed by atoms with Crippen molar-refractivity contribution in [2.45, 2.75) is 39.2 Å². The first-order valence-electron chi connectivity index (χ1n) is 6.46. The molecular formula is C13H21N3O2. The lowest BCUT2D eigenvalue weighted by Crippen LogP contribution is -2.15. The van der Waals surface area contributed by atoms with Crippen LogP contribution in [0.1, 0.15) is 38.3 Å². The van der Waals surface area contributed by atoms with Gasteiger partial charge in [-0.05, 0) is 38.4 Å². The SMILES string of the molecule is CCOC(=O)CCCCCNCc1cccnn1. The number of carbonyl (C=O) groups is 1. The Morgan fingerprint density at radius 2 is 2.28 bits per heavy atom. The van der Waals surface area contributed by atoms with Gasteiger partial charge in [0.25, 0.3) is 0 Å². The minimum atomic E-state index is -0.0926. The summed E-state index contributed by atoms with van der Waals surface area (Å²) in [6, 6.07) is 3.82. The lowest BCUT2D eigenvalue weighted by Gasteiger charge is -2.04. The van der Waals surface area contributed by atoms with Crippen LogP contribution in [0.4, 0.5) is 0 Å². The summed E-state index contributed by atoms with van der Waals surface area (Å²) in [6.07, 6.45) is 5.18. The first-order valence-corrected chi connectivity index (χ1v) is 6.46. The van der Waals surface area contributed by atoms with Crippen molar-refractivity contribution in [1.82, 2.24) is 15.5 Å². The van der Waals surface area contributed by atoms with Crippen LogP contribution < -0.4 is 5.32 Å². The maximum absolute atomic E-state index is 11.1. The van der Waals surface area contributed by atoms with Crippen LogP contribution >= 0.6 is 0 Å². The Kier molecular flexibility index (Phi) is 7.72. The predicted molar refractivity (Wildman–Crippen MR) is 68.8 cm³/mol. The molecule has 0 bridgehead atoms. The Morgan fingerprint density at radius 3 is 3.00 bits per heavy atom. The van der Waals surface area contributed by atoms with Gasteiger partial charge in [0.15, 0.2) is 0 Å². The fourth-order valence-electron chi connectivity index (χ4n) is 1.57. The molecule has 1 N–H and O–H groups in total. The van der Waals surface area contributed by atoms with Crippen molar-refractivity contribution < 1.29 is 9.53 Å². The molecule has 0 aliphatic rings. The number of nitrogens with zero attached hydrogens (tertiary/aromatic N) is 2. The second-order valence-corrected chi connectivity index (χ2v) is 4.01. The number of unbranched alkanes of at least 4 members (excludes halogenated alkanes) is 2. The third-order valence-electron chi connectivity index (χ3n) is 2.47. The average Bonchev–Trinajstić information content (AvgIpc) is 2.39. The molecule has 0 saturated heterocycles. The van der Waals surface area contributed by atoms with Crippen LogP contribution in [0.2, 0.25) is 0 Å². The molecule has 0 fully saturated rings. The van der Waals surface area contributed by atoms with E-state index in [1.54, 1.807) is 6.20 Å². The standard InChI is InChI=1S/C13H21N3O2/c1-2-18-13(17)8-4-3-5-9-14-11-12-7-6-10-15-16-12/h6-7,10,14H,2-5,8-9,11H2,1H3. The molecule has 5 heteroatoms. The normalized spacial score (nSPS) is 10.3. The molecule has 1 aromatic rings. The summed E-state index contributed by atoms with van der Waals surface area (Å²) in [5.41, 5.74) is 0.948. The van der Waals surface area contributed by atoms with Gasteiger partial charge in [0.05, 0.1) is 12.3 Å². The molecule has 1 heterocycles. The number of hydrogen-bond donors (Lipinski definition) is 1. The van der Waals surface area contributed by atoms with Gasteiger partial charge in [0.2, 0.25) is 0 Å². The zero-order chi connectivity index (χ0) is 13.1. The second kappa shape index (κ2) is 9.53. The second-order valence-electron chi connectivity index (χ2n) is 4.01. The first-order chi connectivity index (χ1) is 8.83. The van der Waals surface area contributed by atoms with E-state index in [-0.39, 0.29) is 5.97 Å². The predicted octanol–water partition coefficient (Wildman–Crippen LogP) is 1.69. The van der Waals surface area contributed by atoms with Gasteiger partial charge in [0, 0.05) is 19.2 Å². The molecule has 18 heavy (non-hydrogen) atoms. The van der Waals surface area contributed by atoms with Gasteiger partial charge in [-0.1, -0.05) is 6.42 Å². The Hall–Kier alpha value is -1.49. The summed E-state index contributed by atoms with van der Waals surface area (Å²) in [5, 5.41) is 11.1. The maximum atomic E-state index is 11.1. The number of ether oxygens (including phenoxy) is 1. The molecule has 0 unspecified atom stereocenters. The van der Waals surface area contributed by atoms with Gasteiger partial charge in [-0.15, -0.1) is 0 Å². The summed E-state index contributed by atoms with van der Waals surface area (Å²) in [6.45, 7) is 3.97. The van der Waals surface area contributed by atoms with E-state index in [9.17, 15) is 4.79 Å². The number of nitrogens with one attached hydrogen (secondary N) is 1. The van der Waals surface area contributed by atoms with Gasteiger partial charge >= 0.3 is 5.97 Å². The van der Waals surface area contributed by atoms with Crippen LogP contribution in [0.25, 0.3) is 0 Å². The van der Waals surface area contributed by atoms with E-state index in [0.717, 1.165) is 38.0 Å². The van der Waals surface area contributed by atoms with E-state index >= 15 is 0 Å². The zero-order valence-electron chi connectivity index (χ0n) is 10.9. The maximum Gasteiger partial charge on any atom is 0.305 e. The Bertz CT molecular complexity index is 330. The molecule has 5 nitrogen and oxygen atoms in total. The summed E-state index contributed by atoms with van der Waals surface area (Å²) in [4.78, 5) is 11.1. The summed E-state index contributed by atoms with van der Waals surface area (Å²) in [7, 11) is 0. The lowest BCUT2D eigenvalue weighted by atomic mass is 10.2. The van der Waals surface area contributed by atoms with Crippen LogP contribution in [-0.2, 0) is 16.1 Å². The quantitative estimate of drug-likeness (QED) is 0.534. The van der Waals surface area contributed by atoms with Gasteiger partial charge < -0.3 is 10.1 Å². The number of aromatic nitrogens is 2. The molecule has 0 atom stereocenters. The number of esters is 1. The van der Waals surface area contributed by atoms with E-state index in [2.05, 4.69) is 15.5 Å². The van der Waals surface area contributed by atoms with Crippen molar-refractivity contribution in [3.8, 4) is 0 Å². The van der Waals surface area contributed by atoms with Crippen LogP contribution in [0.3, 0.4) is 0 Å². The highest BCUT2D eigenvalue weighted by atomic mass is 16.5. The third-order valence-corrected chi connectivity index (χ3v) is 2.47. The zero-order valence-corrected chi connectivity index (χ0v) is 10.9. The molecule has 0 saturated carbocycles. The topological polar surface area (TPSA) is 64.1 Å². The molecule has 0 aliphatic heterocycles. The van der Waals surface area contributed by atoms with E-state index in [1.165, 1.54) is 0 Å². The fourth-order valence-corrected chi connectivity index (χ4v) is 1.57. The molecule has 0 radical (unpaired) electrons. The lowest BCUT2D eigenvalue weighted by molar-refractivity contribution is -0.143. The van der Waals surface area contributed by atoms with Gasteiger partial charge in [0.1, 0.15) is 0 Å². The number of hydrogen-bond acceptors (Lipinski definition) is 5.